The lowest BCUT2D eigenvalue weighted by molar-refractivity contribution is 0.0904. The second-order valence-corrected chi connectivity index (χ2v) is 7.64. The van der Waals surface area contributed by atoms with E-state index in [0.717, 1.165) is 12.8 Å². The average Bonchev–Trinajstić information content (AvgIpc) is 2.37. The van der Waals surface area contributed by atoms with Crippen molar-refractivity contribution in [1.82, 2.24) is 9.62 Å². The highest BCUT2D eigenvalue weighted by Gasteiger charge is 2.29. The van der Waals surface area contributed by atoms with Gasteiger partial charge in [-0.05, 0) is 46.6 Å². The fourth-order valence-electron chi connectivity index (χ4n) is 2.41. The zero-order valence-corrected chi connectivity index (χ0v) is 13.4. The third-order valence-corrected chi connectivity index (χ3v) is 5.68. The molecule has 1 fully saturated rings. The van der Waals surface area contributed by atoms with Crippen LogP contribution in [0.3, 0.4) is 0 Å². The molecule has 19 heavy (non-hydrogen) atoms. The molecule has 1 heterocycles. The molecule has 1 unspecified atom stereocenters. The summed E-state index contributed by atoms with van der Waals surface area (Å²) < 4.78 is 31.2. The second kappa shape index (κ2) is 7.57. The van der Waals surface area contributed by atoms with E-state index in [0.29, 0.717) is 25.0 Å². The summed E-state index contributed by atoms with van der Waals surface area (Å²) in [5, 5.41) is 3.25. The van der Waals surface area contributed by atoms with Crippen LogP contribution in [-0.2, 0) is 14.8 Å². The summed E-state index contributed by atoms with van der Waals surface area (Å²) in [7, 11) is -1.19. The van der Waals surface area contributed by atoms with Crippen LogP contribution in [-0.4, -0.2) is 57.4 Å². The van der Waals surface area contributed by atoms with Gasteiger partial charge in [0.1, 0.15) is 0 Å². The minimum atomic E-state index is -3.15. The number of nitrogens with zero attached hydrogens (tertiary/aromatic N) is 1. The maximum atomic E-state index is 12.1. The molecular formula is C13H28N2O3S. The van der Waals surface area contributed by atoms with Gasteiger partial charge in [-0.2, -0.15) is 0 Å². The summed E-state index contributed by atoms with van der Waals surface area (Å²) in [6, 6.07) is 0.453. The van der Waals surface area contributed by atoms with E-state index in [1.807, 2.05) is 20.9 Å². The fraction of sp³-hybridized carbons (Fsp3) is 1.00. The van der Waals surface area contributed by atoms with Crippen molar-refractivity contribution in [2.45, 2.75) is 45.8 Å². The van der Waals surface area contributed by atoms with E-state index in [4.69, 9.17) is 4.74 Å². The van der Waals surface area contributed by atoms with E-state index in [2.05, 4.69) is 12.2 Å². The average molecular weight is 292 g/mol. The van der Waals surface area contributed by atoms with Gasteiger partial charge in [0.25, 0.3) is 0 Å². The molecule has 0 amide bonds. The SMILES string of the molecule is CNC(C)C1CCN(S(=O)(=O)CCOC(C)C)CC1. The Labute approximate surface area is 117 Å². The van der Waals surface area contributed by atoms with Crippen molar-refractivity contribution in [3.63, 3.8) is 0 Å². The summed E-state index contributed by atoms with van der Waals surface area (Å²) in [6.45, 7) is 7.55. The zero-order chi connectivity index (χ0) is 14.5. The Balaban J connectivity index is 2.41. The molecule has 0 bridgehead atoms. The highest BCUT2D eigenvalue weighted by Crippen LogP contribution is 2.22. The standard InChI is InChI=1S/C13H28N2O3S/c1-11(2)18-9-10-19(16,17)15-7-5-13(6-8-15)12(3)14-4/h11-14H,5-10H2,1-4H3. The van der Waals surface area contributed by atoms with Crippen LogP contribution in [0.1, 0.15) is 33.6 Å². The molecule has 1 saturated heterocycles. The molecule has 114 valence electrons. The Bertz CT molecular complexity index is 349. The molecule has 0 aromatic heterocycles. The maximum absolute atomic E-state index is 12.1. The van der Waals surface area contributed by atoms with Crippen LogP contribution in [0.4, 0.5) is 0 Å². The molecule has 0 aromatic rings. The highest BCUT2D eigenvalue weighted by atomic mass is 32.2. The molecule has 1 N–H and O–H groups in total. The van der Waals surface area contributed by atoms with E-state index < -0.39 is 10.0 Å². The van der Waals surface area contributed by atoms with Gasteiger partial charge in [0.15, 0.2) is 0 Å². The number of sulfonamides is 1. The number of hydrogen-bond acceptors (Lipinski definition) is 4. The molecule has 0 radical (unpaired) electrons. The first-order valence-electron chi connectivity index (χ1n) is 7.13. The van der Waals surface area contributed by atoms with Crippen LogP contribution in [0.2, 0.25) is 0 Å². The zero-order valence-electron chi connectivity index (χ0n) is 12.6. The van der Waals surface area contributed by atoms with Gasteiger partial charge in [0, 0.05) is 19.1 Å². The molecular weight excluding hydrogens is 264 g/mol. The lowest BCUT2D eigenvalue weighted by Crippen LogP contribution is -2.44. The van der Waals surface area contributed by atoms with Crippen molar-refractivity contribution in [3.8, 4) is 0 Å². The van der Waals surface area contributed by atoms with Gasteiger partial charge in [-0.3, -0.25) is 0 Å². The van der Waals surface area contributed by atoms with Gasteiger partial charge in [0.2, 0.25) is 10.0 Å². The van der Waals surface area contributed by atoms with Crippen LogP contribution >= 0.6 is 0 Å². The molecule has 0 spiro atoms. The van der Waals surface area contributed by atoms with Gasteiger partial charge >= 0.3 is 0 Å². The molecule has 1 aliphatic heterocycles. The quantitative estimate of drug-likeness (QED) is 0.762. The van der Waals surface area contributed by atoms with Crippen LogP contribution in [0.25, 0.3) is 0 Å². The number of rotatable bonds is 7. The predicted octanol–water partition coefficient (Wildman–Crippen LogP) is 1.06. The molecule has 1 atom stereocenters. The summed E-state index contributed by atoms with van der Waals surface area (Å²) in [4.78, 5) is 0. The molecule has 0 aromatic carbocycles. The Morgan fingerprint density at radius 2 is 1.84 bits per heavy atom. The molecule has 6 heteroatoms. The minimum Gasteiger partial charge on any atom is -0.378 e. The van der Waals surface area contributed by atoms with Crippen molar-refractivity contribution in [3.05, 3.63) is 0 Å². The molecule has 1 rings (SSSR count). The Kier molecular flexibility index (Phi) is 6.73. The van der Waals surface area contributed by atoms with E-state index in [-0.39, 0.29) is 18.5 Å². The summed E-state index contributed by atoms with van der Waals surface area (Å²) in [6.07, 6.45) is 1.95. The lowest BCUT2D eigenvalue weighted by atomic mass is 9.91. The summed E-state index contributed by atoms with van der Waals surface area (Å²) in [5.74, 6) is 0.667. The van der Waals surface area contributed by atoms with Crippen LogP contribution in [0.5, 0.6) is 0 Å². The molecule has 1 aliphatic rings. The third kappa shape index (κ3) is 5.38. The minimum absolute atomic E-state index is 0.0809. The first-order chi connectivity index (χ1) is 8.86. The molecule has 0 saturated carbocycles. The van der Waals surface area contributed by atoms with E-state index in [1.54, 1.807) is 4.31 Å². The highest BCUT2D eigenvalue weighted by molar-refractivity contribution is 7.89. The van der Waals surface area contributed by atoms with E-state index in [9.17, 15) is 8.42 Å². The Morgan fingerprint density at radius 3 is 2.32 bits per heavy atom. The predicted molar refractivity (Wildman–Crippen MR) is 77.7 cm³/mol. The maximum Gasteiger partial charge on any atom is 0.216 e. The second-order valence-electron chi connectivity index (χ2n) is 5.55. The Morgan fingerprint density at radius 1 is 1.26 bits per heavy atom. The molecule has 0 aliphatic carbocycles. The van der Waals surface area contributed by atoms with Crippen molar-refractivity contribution < 1.29 is 13.2 Å². The van der Waals surface area contributed by atoms with E-state index >= 15 is 0 Å². The first-order valence-corrected chi connectivity index (χ1v) is 8.74. The van der Waals surface area contributed by atoms with Gasteiger partial charge in [-0.25, -0.2) is 12.7 Å². The van der Waals surface area contributed by atoms with Gasteiger partial charge in [-0.15, -0.1) is 0 Å². The topological polar surface area (TPSA) is 58.6 Å². The van der Waals surface area contributed by atoms with Crippen molar-refractivity contribution in [2.24, 2.45) is 5.92 Å². The van der Waals surface area contributed by atoms with Crippen LogP contribution < -0.4 is 5.32 Å². The van der Waals surface area contributed by atoms with Crippen LogP contribution in [0.15, 0.2) is 0 Å². The van der Waals surface area contributed by atoms with Gasteiger partial charge in [-0.1, -0.05) is 0 Å². The normalized spacial score (nSPS) is 20.9. The number of piperidine rings is 1. The number of nitrogens with one attached hydrogen (secondary N) is 1. The largest absolute Gasteiger partial charge is 0.378 e. The summed E-state index contributed by atoms with van der Waals surface area (Å²) in [5.41, 5.74) is 0. The molecule has 5 nitrogen and oxygen atoms in total. The van der Waals surface area contributed by atoms with E-state index in [1.165, 1.54) is 0 Å². The third-order valence-electron chi connectivity index (χ3n) is 3.85. The fourth-order valence-corrected chi connectivity index (χ4v) is 3.74. The number of hydrogen-bond donors (Lipinski definition) is 1. The first kappa shape index (κ1) is 16.9. The number of ether oxygens (including phenoxy) is 1. The van der Waals surface area contributed by atoms with Crippen molar-refractivity contribution in [2.75, 3.05) is 32.5 Å². The monoisotopic (exact) mass is 292 g/mol. The lowest BCUT2D eigenvalue weighted by Gasteiger charge is -2.34. The van der Waals surface area contributed by atoms with Crippen molar-refractivity contribution in [1.29, 1.82) is 0 Å². The smallest absolute Gasteiger partial charge is 0.216 e. The summed E-state index contributed by atoms with van der Waals surface area (Å²) >= 11 is 0. The van der Waals surface area contributed by atoms with Gasteiger partial charge in [0.05, 0.1) is 18.5 Å². The van der Waals surface area contributed by atoms with Gasteiger partial charge < -0.3 is 10.1 Å². The van der Waals surface area contributed by atoms with Crippen LogP contribution in [0, 0.1) is 5.92 Å². The Hall–Kier alpha value is -0.170. The van der Waals surface area contributed by atoms with Crippen molar-refractivity contribution >= 4 is 10.0 Å².